The maximum absolute atomic E-state index is 12.5. The molecule has 1 aliphatic heterocycles. The summed E-state index contributed by atoms with van der Waals surface area (Å²) >= 11 is 0. The van der Waals surface area contributed by atoms with Gasteiger partial charge in [0, 0.05) is 44.0 Å². The molecule has 134 valence electrons. The molecule has 0 saturated carbocycles. The average Bonchev–Trinajstić information content (AvgIpc) is 2.61. The Labute approximate surface area is 144 Å². The molecular formula is C17H27N3O3S. The van der Waals surface area contributed by atoms with Crippen molar-refractivity contribution in [1.82, 2.24) is 4.31 Å². The van der Waals surface area contributed by atoms with Gasteiger partial charge in [0.05, 0.1) is 5.75 Å². The summed E-state index contributed by atoms with van der Waals surface area (Å²) < 4.78 is 25.2. The molecule has 0 aliphatic carbocycles. The molecular weight excluding hydrogens is 326 g/mol. The van der Waals surface area contributed by atoms with E-state index < -0.39 is 10.0 Å². The lowest BCUT2D eigenvalue weighted by Crippen LogP contribution is -2.42. The van der Waals surface area contributed by atoms with Crippen LogP contribution < -0.4 is 10.2 Å². The summed E-state index contributed by atoms with van der Waals surface area (Å²) in [5.41, 5.74) is 1.83. The Kier molecular flexibility index (Phi) is 6.23. The van der Waals surface area contributed by atoms with Crippen LogP contribution in [0.5, 0.6) is 0 Å². The number of carbonyl (C=O) groups is 1. The second-order valence-electron chi connectivity index (χ2n) is 6.13. The van der Waals surface area contributed by atoms with Crippen LogP contribution in [0.25, 0.3) is 0 Å². The van der Waals surface area contributed by atoms with Crippen molar-refractivity contribution in [3.8, 4) is 0 Å². The number of sulfonamides is 1. The van der Waals surface area contributed by atoms with Gasteiger partial charge < -0.3 is 10.2 Å². The van der Waals surface area contributed by atoms with Gasteiger partial charge in [-0.1, -0.05) is 6.07 Å². The molecule has 1 saturated heterocycles. The number of hydrogen-bond donors (Lipinski definition) is 1. The van der Waals surface area contributed by atoms with Crippen LogP contribution >= 0.6 is 0 Å². The number of anilines is 2. The molecule has 0 bridgehead atoms. The van der Waals surface area contributed by atoms with Crippen LogP contribution in [0.2, 0.25) is 0 Å². The summed E-state index contributed by atoms with van der Waals surface area (Å²) in [6, 6.07) is 7.76. The first kappa shape index (κ1) is 18.7. The number of carbonyl (C=O) groups excluding carboxylic acids is 1. The highest BCUT2D eigenvalue weighted by molar-refractivity contribution is 7.89. The summed E-state index contributed by atoms with van der Waals surface area (Å²) in [6.45, 7) is 5.46. The van der Waals surface area contributed by atoms with E-state index in [2.05, 4.69) is 17.1 Å². The lowest BCUT2D eigenvalue weighted by molar-refractivity contribution is -0.120. The molecule has 1 fully saturated rings. The van der Waals surface area contributed by atoms with Crippen molar-refractivity contribution in [2.75, 3.05) is 42.7 Å². The molecule has 0 radical (unpaired) electrons. The zero-order chi connectivity index (χ0) is 17.7. The molecule has 1 N–H and O–H groups in total. The molecule has 0 atom stereocenters. The maximum atomic E-state index is 12.5. The minimum absolute atomic E-state index is 0.0279. The van der Waals surface area contributed by atoms with Gasteiger partial charge in [0.25, 0.3) is 0 Å². The Hall–Kier alpha value is -1.60. The van der Waals surface area contributed by atoms with Crippen molar-refractivity contribution in [3.05, 3.63) is 24.3 Å². The summed E-state index contributed by atoms with van der Waals surface area (Å²) in [7, 11) is -1.15. The van der Waals surface area contributed by atoms with Gasteiger partial charge in [0.1, 0.15) is 0 Å². The van der Waals surface area contributed by atoms with Crippen LogP contribution in [0.3, 0.4) is 0 Å². The first-order valence-electron chi connectivity index (χ1n) is 8.47. The first-order valence-corrected chi connectivity index (χ1v) is 10.1. The predicted molar refractivity (Wildman–Crippen MR) is 97.8 cm³/mol. The number of benzene rings is 1. The highest BCUT2D eigenvalue weighted by Crippen LogP contribution is 2.23. The molecule has 1 aromatic rings. The fraction of sp³-hybridized carbons (Fsp3) is 0.588. The van der Waals surface area contributed by atoms with E-state index in [9.17, 15) is 13.2 Å². The third-order valence-corrected chi connectivity index (χ3v) is 6.49. The average molecular weight is 353 g/mol. The van der Waals surface area contributed by atoms with Gasteiger partial charge in [-0.3, -0.25) is 4.79 Å². The van der Waals surface area contributed by atoms with Gasteiger partial charge in [-0.2, -0.15) is 0 Å². The van der Waals surface area contributed by atoms with Crippen LogP contribution in [-0.4, -0.2) is 51.1 Å². The normalized spacial score (nSPS) is 16.8. The number of nitrogens with zero attached hydrogens (tertiary/aromatic N) is 2. The molecule has 1 heterocycles. The summed E-state index contributed by atoms with van der Waals surface area (Å²) in [5.74, 6) is -0.0533. The van der Waals surface area contributed by atoms with E-state index in [4.69, 9.17) is 0 Å². The Balaban J connectivity index is 1.95. The van der Waals surface area contributed by atoms with Crippen molar-refractivity contribution in [1.29, 1.82) is 0 Å². The van der Waals surface area contributed by atoms with E-state index in [0.29, 0.717) is 25.9 Å². The van der Waals surface area contributed by atoms with Gasteiger partial charge in [0.15, 0.2) is 0 Å². The molecule has 6 nitrogen and oxygen atoms in total. The number of piperidine rings is 1. The summed E-state index contributed by atoms with van der Waals surface area (Å²) in [4.78, 5) is 14.6. The minimum atomic E-state index is -3.15. The SMILES string of the molecule is CCN(C)c1cccc(NC(=O)C2CCN(S(=O)(=O)CC)CC2)c1. The number of hydrogen-bond acceptors (Lipinski definition) is 4. The zero-order valence-corrected chi connectivity index (χ0v) is 15.5. The molecule has 0 spiro atoms. The highest BCUT2D eigenvalue weighted by atomic mass is 32.2. The topological polar surface area (TPSA) is 69.7 Å². The van der Waals surface area contributed by atoms with Gasteiger partial charge in [0.2, 0.25) is 15.9 Å². The zero-order valence-electron chi connectivity index (χ0n) is 14.7. The lowest BCUT2D eigenvalue weighted by Gasteiger charge is -2.30. The Morgan fingerprint density at radius 3 is 2.54 bits per heavy atom. The standard InChI is InChI=1S/C17H27N3O3S/c1-4-19(3)16-8-6-7-15(13-16)18-17(21)14-9-11-20(12-10-14)24(22,23)5-2/h6-8,13-14H,4-5,9-12H2,1-3H3,(H,18,21). The largest absolute Gasteiger partial charge is 0.375 e. The number of amides is 1. The lowest BCUT2D eigenvalue weighted by atomic mass is 9.97. The van der Waals surface area contributed by atoms with Crippen LogP contribution in [0.1, 0.15) is 26.7 Å². The van der Waals surface area contributed by atoms with E-state index in [1.807, 2.05) is 31.3 Å². The fourth-order valence-corrected chi connectivity index (χ4v) is 3.96. The Morgan fingerprint density at radius 2 is 1.96 bits per heavy atom. The molecule has 0 unspecified atom stereocenters. The third kappa shape index (κ3) is 4.48. The smallest absolute Gasteiger partial charge is 0.227 e. The quantitative estimate of drug-likeness (QED) is 0.851. The molecule has 24 heavy (non-hydrogen) atoms. The molecule has 0 aromatic heterocycles. The van der Waals surface area contributed by atoms with Gasteiger partial charge in [-0.05, 0) is 44.9 Å². The monoisotopic (exact) mass is 353 g/mol. The van der Waals surface area contributed by atoms with E-state index >= 15 is 0 Å². The second-order valence-corrected chi connectivity index (χ2v) is 8.39. The fourth-order valence-electron chi connectivity index (χ4n) is 2.83. The summed E-state index contributed by atoms with van der Waals surface area (Å²) in [6.07, 6.45) is 1.14. The van der Waals surface area contributed by atoms with E-state index in [0.717, 1.165) is 17.9 Å². The van der Waals surface area contributed by atoms with Crippen molar-refractivity contribution in [2.24, 2.45) is 5.92 Å². The number of nitrogens with one attached hydrogen (secondary N) is 1. The number of rotatable bonds is 6. The van der Waals surface area contributed by atoms with E-state index in [1.54, 1.807) is 6.92 Å². The first-order chi connectivity index (χ1) is 11.4. The van der Waals surface area contributed by atoms with Gasteiger partial charge in [-0.25, -0.2) is 12.7 Å². The predicted octanol–water partition coefficient (Wildman–Crippen LogP) is 2.14. The molecule has 7 heteroatoms. The molecule has 1 amide bonds. The van der Waals surface area contributed by atoms with E-state index in [1.165, 1.54) is 4.31 Å². The van der Waals surface area contributed by atoms with Crippen molar-refractivity contribution < 1.29 is 13.2 Å². The second kappa shape index (κ2) is 7.98. The molecule has 1 aliphatic rings. The van der Waals surface area contributed by atoms with Crippen LogP contribution in [-0.2, 0) is 14.8 Å². The molecule has 1 aromatic carbocycles. The molecule has 2 rings (SSSR count). The maximum Gasteiger partial charge on any atom is 0.227 e. The minimum Gasteiger partial charge on any atom is -0.375 e. The van der Waals surface area contributed by atoms with Gasteiger partial charge in [-0.15, -0.1) is 0 Å². The van der Waals surface area contributed by atoms with Crippen LogP contribution in [0, 0.1) is 5.92 Å². The highest BCUT2D eigenvalue weighted by Gasteiger charge is 2.30. The van der Waals surface area contributed by atoms with Crippen LogP contribution in [0.4, 0.5) is 11.4 Å². The van der Waals surface area contributed by atoms with Crippen molar-refractivity contribution >= 4 is 27.3 Å². The van der Waals surface area contributed by atoms with Crippen molar-refractivity contribution in [3.63, 3.8) is 0 Å². The van der Waals surface area contributed by atoms with Gasteiger partial charge >= 0.3 is 0 Å². The third-order valence-electron chi connectivity index (χ3n) is 4.61. The van der Waals surface area contributed by atoms with Crippen molar-refractivity contribution in [2.45, 2.75) is 26.7 Å². The Morgan fingerprint density at radius 1 is 1.29 bits per heavy atom. The van der Waals surface area contributed by atoms with Crippen LogP contribution in [0.15, 0.2) is 24.3 Å². The Bertz CT molecular complexity index is 667. The van der Waals surface area contributed by atoms with E-state index in [-0.39, 0.29) is 17.6 Å². The summed E-state index contributed by atoms with van der Waals surface area (Å²) in [5, 5.41) is 2.96.